The normalized spacial score (nSPS) is 12.2. The lowest BCUT2D eigenvalue weighted by atomic mass is 9.93. The van der Waals surface area contributed by atoms with E-state index in [1.54, 1.807) is 20.9 Å². The maximum atomic E-state index is 12.1. The lowest BCUT2D eigenvalue weighted by Crippen LogP contribution is -2.42. The Balaban J connectivity index is 2.95. The van der Waals surface area contributed by atoms with Crippen LogP contribution in [0.25, 0.3) is 0 Å². The largest absolute Gasteiger partial charge is 0.372 e. The minimum absolute atomic E-state index is 0.0817. The van der Waals surface area contributed by atoms with E-state index in [2.05, 4.69) is 15.0 Å². The van der Waals surface area contributed by atoms with Crippen LogP contribution in [0.1, 0.15) is 13.8 Å². The minimum Gasteiger partial charge on any atom is -0.372 e. The molecule has 112 valence electrons. The van der Waals surface area contributed by atoms with Crippen molar-refractivity contribution in [1.82, 2.24) is 9.71 Å². The van der Waals surface area contributed by atoms with Gasteiger partial charge in [0.2, 0.25) is 15.9 Å². The number of pyridine rings is 1. The zero-order valence-electron chi connectivity index (χ0n) is 11.4. The van der Waals surface area contributed by atoms with Crippen molar-refractivity contribution in [3.63, 3.8) is 0 Å². The quantitative estimate of drug-likeness (QED) is 0.709. The van der Waals surface area contributed by atoms with Crippen LogP contribution in [0.2, 0.25) is 5.02 Å². The molecule has 0 aliphatic carbocycles. The average molecular weight is 321 g/mol. The molecule has 9 heteroatoms. The van der Waals surface area contributed by atoms with Crippen molar-refractivity contribution in [2.24, 2.45) is 11.1 Å². The smallest absolute Gasteiger partial charge is 0.242 e. The van der Waals surface area contributed by atoms with Gasteiger partial charge in [-0.2, -0.15) is 0 Å². The Morgan fingerprint density at radius 1 is 1.50 bits per heavy atom. The van der Waals surface area contributed by atoms with E-state index in [4.69, 9.17) is 17.3 Å². The van der Waals surface area contributed by atoms with Gasteiger partial charge in [0.15, 0.2) is 0 Å². The molecule has 0 spiro atoms. The van der Waals surface area contributed by atoms with E-state index in [0.29, 0.717) is 5.82 Å². The Kier molecular flexibility index (Phi) is 4.95. The highest BCUT2D eigenvalue weighted by atomic mass is 35.5. The number of nitrogens with two attached hydrogens (primary N) is 1. The lowest BCUT2D eigenvalue weighted by molar-refractivity contribution is -0.125. The fourth-order valence-corrected chi connectivity index (χ4v) is 2.70. The molecule has 0 unspecified atom stereocenters. The Morgan fingerprint density at radius 3 is 2.55 bits per heavy atom. The van der Waals surface area contributed by atoms with E-state index < -0.39 is 21.3 Å². The fraction of sp³-hybridized carbons (Fsp3) is 0.455. The summed E-state index contributed by atoms with van der Waals surface area (Å²) in [5.74, 6) is -0.218. The third-order valence-electron chi connectivity index (χ3n) is 2.73. The molecule has 0 radical (unpaired) electrons. The topological polar surface area (TPSA) is 114 Å². The second-order valence-electron chi connectivity index (χ2n) is 4.82. The first kappa shape index (κ1) is 16.7. The van der Waals surface area contributed by atoms with E-state index in [1.807, 2.05) is 0 Å². The van der Waals surface area contributed by atoms with Crippen LogP contribution in [0.4, 0.5) is 5.82 Å². The van der Waals surface area contributed by atoms with Crippen LogP contribution in [0.3, 0.4) is 0 Å². The molecule has 1 aromatic heterocycles. The predicted octanol–water partition coefficient (Wildman–Crippen LogP) is 0.567. The molecule has 0 aliphatic rings. The van der Waals surface area contributed by atoms with Crippen LogP contribution < -0.4 is 15.8 Å². The van der Waals surface area contributed by atoms with Gasteiger partial charge < -0.3 is 11.1 Å². The van der Waals surface area contributed by atoms with Crippen LogP contribution in [0, 0.1) is 5.41 Å². The molecular formula is C11H17ClN4O3S. The number of carbonyl (C=O) groups excluding carboxylic acids is 1. The first-order valence-corrected chi connectivity index (χ1v) is 7.59. The first-order valence-electron chi connectivity index (χ1n) is 5.73. The Hall–Kier alpha value is -1.38. The van der Waals surface area contributed by atoms with E-state index in [-0.39, 0.29) is 16.5 Å². The van der Waals surface area contributed by atoms with E-state index in [9.17, 15) is 13.2 Å². The van der Waals surface area contributed by atoms with Gasteiger partial charge in [-0.05, 0) is 19.9 Å². The van der Waals surface area contributed by atoms with Crippen molar-refractivity contribution >= 4 is 33.3 Å². The zero-order valence-corrected chi connectivity index (χ0v) is 13.0. The van der Waals surface area contributed by atoms with E-state index >= 15 is 0 Å². The van der Waals surface area contributed by atoms with Crippen LogP contribution >= 0.6 is 11.6 Å². The molecule has 0 aliphatic heterocycles. The summed E-state index contributed by atoms with van der Waals surface area (Å²) in [7, 11) is -2.19. The number of primary amides is 1. The maximum Gasteiger partial charge on any atom is 0.242 e. The van der Waals surface area contributed by atoms with Gasteiger partial charge in [0.25, 0.3) is 0 Å². The van der Waals surface area contributed by atoms with Gasteiger partial charge in [-0.1, -0.05) is 11.6 Å². The molecule has 7 nitrogen and oxygen atoms in total. The molecule has 4 N–H and O–H groups in total. The summed E-state index contributed by atoms with van der Waals surface area (Å²) in [5, 5.41) is 2.91. The number of halogens is 1. The molecule has 0 atom stereocenters. The molecule has 0 saturated heterocycles. The molecule has 0 saturated carbocycles. The van der Waals surface area contributed by atoms with Crippen LogP contribution in [0.5, 0.6) is 0 Å². The molecule has 0 aromatic carbocycles. The Morgan fingerprint density at radius 2 is 2.10 bits per heavy atom. The van der Waals surface area contributed by atoms with E-state index in [0.717, 1.165) is 0 Å². The van der Waals surface area contributed by atoms with Gasteiger partial charge in [-0.3, -0.25) is 4.79 Å². The standard InChI is InChI=1S/C11H17ClN4O3S/c1-11(2,10(13)17)6-16-20(18,19)7-4-8(12)9(14-3)15-5-7/h4-5,16H,6H2,1-3H3,(H2,13,17)(H,14,15). The maximum absolute atomic E-state index is 12.1. The Labute approximate surface area is 123 Å². The molecule has 0 bridgehead atoms. The van der Waals surface area contributed by atoms with Gasteiger partial charge in [-0.25, -0.2) is 18.1 Å². The molecule has 1 rings (SSSR count). The number of sulfonamides is 1. The second-order valence-corrected chi connectivity index (χ2v) is 7.00. The van der Waals surface area contributed by atoms with Crippen molar-refractivity contribution in [3.8, 4) is 0 Å². The van der Waals surface area contributed by atoms with Gasteiger partial charge in [0.1, 0.15) is 10.7 Å². The monoisotopic (exact) mass is 320 g/mol. The van der Waals surface area contributed by atoms with Crippen molar-refractivity contribution in [1.29, 1.82) is 0 Å². The number of anilines is 1. The second kappa shape index (κ2) is 5.94. The van der Waals surface area contributed by atoms with Crippen molar-refractivity contribution in [2.45, 2.75) is 18.7 Å². The summed E-state index contributed by atoms with van der Waals surface area (Å²) in [6.45, 7) is 2.98. The third kappa shape index (κ3) is 3.81. The summed E-state index contributed by atoms with van der Waals surface area (Å²) < 4.78 is 26.5. The first-order chi connectivity index (χ1) is 9.10. The number of nitrogens with one attached hydrogen (secondary N) is 2. The highest BCUT2D eigenvalue weighted by Gasteiger charge is 2.27. The highest BCUT2D eigenvalue weighted by Crippen LogP contribution is 2.22. The summed E-state index contributed by atoms with van der Waals surface area (Å²) >= 11 is 5.88. The van der Waals surface area contributed by atoms with Crippen LogP contribution in [-0.2, 0) is 14.8 Å². The number of aromatic nitrogens is 1. The number of hydrogen-bond acceptors (Lipinski definition) is 5. The molecule has 20 heavy (non-hydrogen) atoms. The average Bonchev–Trinajstić information content (AvgIpc) is 2.36. The number of carbonyl (C=O) groups is 1. The van der Waals surface area contributed by atoms with E-state index in [1.165, 1.54) is 12.3 Å². The summed E-state index contributed by atoms with van der Waals surface area (Å²) in [4.78, 5) is 15.0. The number of hydrogen-bond donors (Lipinski definition) is 3. The van der Waals surface area contributed by atoms with Crippen molar-refractivity contribution < 1.29 is 13.2 Å². The predicted molar refractivity (Wildman–Crippen MR) is 77.0 cm³/mol. The lowest BCUT2D eigenvalue weighted by Gasteiger charge is -2.20. The van der Waals surface area contributed by atoms with Crippen LogP contribution in [-0.4, -0.2) is 32.9 Å². The summed E-state index contributed by atoms with van der Waals surface area (Å²) in [5.41, 5.74) is 4.19. The number of rotatable bonds is 6. The Bertz CT molecular complexity index is 616. The van der Waals surface area contributed by atoms with Gasteiger partial charge in [-0.15, -0.1) is 0 Å². The SMILES string of the molecule is CNc1ncc(S(=O)(=O)NCC(C)(C)C(N)=O)cc1Cl. The van der Waals surface area contributed by atoms with Crippen LogP contribution in [0.15, 0.2) is 17.2 Å². The number of amides is 1. The summed E-state index contributed by atoms with van der Waals surface area (Å²) in [6, 6.07) is 1.28. The minimum atomic E-state index is -3.81. The third-order valence-corrected chi connectivity index (χ3v) is 4.39. The molecule has 1 aromatic rings. The van der Waals surface area contributed by atoms with Gasteiger partial charge in [0.05, 0.1) is 10.4 Å². The molecule has 1 heterocycles. The van der Waals surface area contributed by atoms with Crippen molar-refractivity contribution in [2.75, 3.05) is 18.9 Å². The van der Waals surface area contributed by atoms with Crippen molar-refractivity contribution in [3.05, 3.63) is 17.3 Å². The molecule has 1 amide bonds. The zero-order chi connectivity index (χ0) is 15.6. The van der Waals surface area contributed by atoms with Gasteiger partial charge >= 0.3 is 0 Å². The fourth-order valence-electron chi connectivity index (χ4n) is 1.20. The number of nitrogens with zero attached hydrogens (tertiary/aromatic N) is 1. The summed E-state index contributed by atoms with van der Waals surface area (Å²) in [6.07, 6.45) is 1.18. The highest BCUT2D eigenvalue weighted by molar-refractivity contribution is 7.89. The van der Waals surface area contributed by atoms with Gasteiger partial charge in [0, 0.05) is 19.8 Å². The molecule has 0 fully saturated rings. The molecular weight excluding hydrogens is 304 g/mol.